The average Bonchev–Trinajstić information content (AvgIpc) is 2.94. The van der Waals surface area contributed by atoms with Crippen LogP contribution in [0.4, 0.5) is 0 Å². The molecule has 4 aromatic carbocycles. The van der Waals surface area contributed by atoms with Crippen LogP contribution in [0.25, 0.3) is 10.8 Å². The minimum Gasteiger partial charge on any atom is -0.744 e. The molecule has 0 saturated heterocycles. The molecule has 4 aromatic rings. The van der Waals surface area contributed by atoms with E-state index in [9.17, 15) is 22.6 Å². The van der Waals surface area contributed by atoms with E-state index in [2.05, 4.69) is 36.4 Å². The first-order valence-corrected chi connectivity index (χ1v) is 14.2. The Morgan fingerprint density at radius 1 is 0.744 bits per heavy atom. The first-order chi connectivity index (χ1) is 18.8. The maximum Gasteiger partial charge on any atom is 0.311 e. The lowest BCUT2D eigenvalue weighted by Crippen LogP contribution is -2.35. The van der Waals surface area contributed by atoms with Crippen molar-refractivity contribution in [3.8, 4) is 5.75 Å². The number of benzene rings is 4. The molecule has 0 radical (unpaired) electrons. The summed E-state index contributed by atoms with van der Waals surface area (Å²) in [7, 11) is -4.70. The Morgan fingerprint density at radius 2 is 1.31 bits per heavy atom. The summed E-state index contributed by atoms with van der Waals surface area (Å²) in [5, 5.41) is 0.486. The molecule has 198 valence electrons. The molecule has 1 atom stereocenters. The molecule has 3 aliphatic rings. The molecular weight excluding hydrogens is 516 g/mol. The number of carbonyl (C=O) groups is 2. The van der Waals surface area contributed by atoms with Gasteiger partial charge in [0, 0.05) is 28.5 Å². The molecule has 8 heteroatoms. The SMILES string of the molecule is O=C(CCC(=O)Oc1ccc(S(=O)(=O)[O-])c2ccccc12)OCC1CC2c3ccccc3C1c1ccccc12. The van der Waals surface area contributed by atoms with E-state index < -0.39 is 22.1 Å². The third kappa shape index (κ3) is 4.70. The summed E-state index contributed by atoms with van der Waals surface area (Å²) >= 11 is 0. The standard InChI is InChI=1S/C31H26O7S/c32-29(15-16-30(33)38-27-13-14-28(39(34,35)36)23-10-4-3-9-22(23)27)37-18-19-17-26-20-7-1-5-11-24(20)31(19)25-12-6-2-8-21(25)26/h1-14,19,26,31H,15-18H2,(H,34,35,36)/p-1. The first kappa shape index (κ1) is 25.3. The summed E-state index contributed by atoms with van der Waals surface area (Å²) in [4.78, 5) is 24.7. The van der Waals surface area contributed by atoms with E-state index in [0.717, 1.165) is 12.5 Å². The largest absolute Gasteiger partial charge is 0.744 e. The van der Waals surface area contributed by atoms with Gasteiger partial charge in [0.05, 0.1) is 24.3 Å². The third-order valence-corrected chi connectivity index (χ3v) is 8.65. The molecule has 2 bridgehead atoms. The van der Waals surface area contributed by atoms with Gasteiger partial charge in [0.25, 0.3) is 0 Å². The number of ether oxygens (including phenoxy) is 2. The number of rotatable bonds is 7. The number of hydrogen-bond donors (Lipinski definition) is 0. The highest BCUT2D eigenvalue weighted by Crippen LogP contribution is 2.55. The Bertz CT molecular complexity index is 1660. The monoisotopic (exact) mass is 541 g/mol. The van der Waals surface area contributed by atoms with Crippen molar-refractivity contribution >= 4 is 32.8 Å². The van der Waals surface area contributed by atoms with Gasteiger partial charge in [0.15, 0.2) is 0 Å². The molecule has 0 aromatic heterocycles. The lowest BCUT2D eigenvalue weighted by Gasteiger charge is -2.45. The van der Waals surface area contributed by atoms with Gasteiger partial charge >= 0.3 is 11.9 Å². The minimum absolute atomic E-state index is 0.118. The quantitative estimate of drug-likeness (QED) is 0.178. The Kier molecular flexibility index (Phi) is 6.45. The van der Waals surface area contributed by atoms with Crippen molar-refractivity contribution in [2.75, 3.05) is 6.61 Å². The smallest absolute Gasteiger partial charge is 0.311 e. The van der Waals surface area contributed by atoms with E-state index in [-0.39, 0.29) is 53.2 Å². The van der Waals surface area contributed by atoms with Crippen molar-refractivity contribution in [3.05, 3.63) is 107 Å². The van der Waals surface area contributed by atoms with E-state index in [0.29, 0.717) is 5.39 Å². The van der Waals surface area contributed by atoms with Gasteiger partial charge in [-0.05, 0) is 40.8 Å². The zero-order valence-electron chi connectivity index (χ0n) is 20.9. The van der Waals surface area contributed by atoms with Crippen LogP contribution in [-0.4, -0.2) is 31.5 Å². The average molecular weight is 542 g/mol. The van der Waals surface area contributed by atoms with Gasteiger partial charge in [-0.1, -0.05) is 72.8 Å². The van der Waals surface area contributed by atoms with Gasteiger partial charge in [0.1, 0.15) is 15.9 Å². The van der Waals surface area contributed by atoms with Gasteiger partial charge in [-0.15, -0.1) is 0 Å². The molecule has 0 N–H and O–H groups in total. The van der Waals surface area contributed by atoms with Crippen LogP contribution in [0.1, 0.15) is 53.4 Å². The molecule has 7 nitrogen and oxygen atoms in total. The van der Waals surface area contributed by atoms with Crippen LogP contribution in [0.15, 0.2) is 89.8 Å². The Labute approximate surface area is 226 Å². The molecule has 1 unspecified atom stereocenters. The van der Waals surface area contributed by atoms with E-state index in [1.807, 2.05) is 12.1 Å². The number of hydrogen-bond acceptors (Lipinski definition) is 7. The van der Waals surface area contributed by atoms with E-state index in [4.69, 9.17) is 9.47 Å². The highest BCUT2D eigenvalue weighted by molar-refractivity contribution is 7.86. The second kappa shape index (κ2) is 9.94. The van der Waals surface area contributed by atoms with Crippen LogP contribution in [0.5, 0.6) is 5.75 Å². The molecule has 0 amide bonds. The molecule has 0 fully saturated rings. The van der Waals surface area contributed by atoms with Crippen LogP contribution in [-0.2, 0) is 24.4 Å². The Balaban J connectivity index is 1.09. The summed E-state index contributed by atoms with van der Waals surface area (Å²) in [6.07, 6.45) is 0.561. The predicted molar refractivity (Wildman–Crippen MR) is 142 cm³/mol. The van der Waals surface area contributed by atoms with Gasteiger partial charge in [-0.2, -0.15) is 0 Å². The summed E-state index contributed by atoms with van der Waals surface area (Å²) < 4.78 is 45.8. The van der Waals surface area contributed by atoms with Crippen molar-refractivity contribution in [1.29, 1.82) is 0 Å². The fourth-order valence-corrected chi connectivity index (χ4v) is 6.81. The highest BCUT2D eigenvalue weighted by atomic mass is 32.2. The van der Waals surface area contributed by atoms with Crippen molar-refractivity contribution in [2.24, 2.45) is 5.92 Å². The fraction of sp³-hybridized carbons (Fsp3) is 0.226. The maximum atomic E-state index is 12.6. The minimum atomic E-state index is -4.70. The Morgan fingerprint density at radius 3 is 1.95 bits per heavy atom. The van der Waals surface area contributed by atoms with Gasteiger partial charge < -0.3 is 14.0 Å². The van der Waals surface area contributed by atoms with Gasteiger partial charge in [-0.3, -0.25) is 9.59 Å². The van der Waals surface area contributed by atoms with Crippen molar-refractivity contribution in [2.45, 2.75) is 36.0 Å². The Hall–Kier alpha value is -4.01. The lowest BCUT2D eigenvalue weighted by molar-refractivity contribution is -0.148. The van der Waals surface area contributed by atoms with E-state index in [1.54, 1.807) is 18.2 Å². The van der Waals surface area contributed by atoms with Crippen molar-refractivity contribution in [1.82, 2.24) is 0 Å². The second-order valence-electron chi connectivity index (χ2n) is 10.0. The zero-order valence-corrected chi connectivity index (χ0v) is 21.7. The molecule has 3 aliphatic carbocycles. The fourth-order valence-electron chi connectivity index (χ4n) is 6.12. The normalized spacial score (nSPS) is 19.3. The van der Waals surface area contributed by atoms with Crippen LogP contribution >= 0.6 is 0 Å². The molecule has 0 saturated carbocycles. The van der Waals surface area contributed by atoms with Crippen LogP contribution in [0, 0.1) is 5.92 Å². The van der Waals surface area contributed by atoms with Gasteiger partial charge in [0.2, 0.25) is 0 Å². The topological polar surface area (TPSA) is 110 Å². The summed E-state index contributed by atoms with van der Waals surface area (Å²) in [5.41, 5.74) is 5.28. The van der Waals surface area contributed by atoms with Crippen molar-refractivity contribution in [3.63, 3.8) is 0 Å². The van der Waals surface area contributed by atoms with Gasteiger partial charge in [-0.25, -0.2) is 8.42 Å². The molecule has 39 heavy (non-hydrogen) atoms. The summed E-state index contributed by atoms with van der Waals surface area (Å²) in [6.45, 7) is 0.271. The third-order valence-electron chi connectivity index (χ3n) is 7.75. The summed E-state index contributed by atoms with van der Waals surface area (Å²) in [5.74, 6) is -0.430. The lowest BCUT2D eigenvalue weighted by atomic mass is 9.59. The molecule has 0 spiro atoms. The maximum absolute atomic E-state index is 12.6. The number of carbonyl (C=O) groups excluding carboxylic acids is 2. The highest BCUT2D eigenvalue weighted by Gasteiger charge is 2.43. The summed E-state index contributed by atoms with van der Waals surface area (Å²) in [6, 6.07) is 25.6. The van der Waals surface area contributed by atoms with Crippen molar-refractivity contribution < 1.29 is 32.0 Å². The van der Waals surface area contributed by atoms with Crippen LogP contribution in [0.3, 0.4) is 0 Å². The predicted octanol–water partition coefficient (Wildman–Crippen LogP) is 5.27. The van der Waals surface area contributed by atoms with Crippen LogP contribution < -0.4 is 4.74 Å². The molecule has 0 heterocycles. The van der Waals surface area contributed by atoms with E-state index in [1.165, 1.54) is 34.4 Å². The van der Waals surface area contributed by atoms with E-state index >= 15 is 0 Å². The molecule has 7 rings (SSSR count). The number of esters is 2. The number of fused-ring (bicyclic) bond motifs is 2. The molecular formula is C31H25O7S-. The first-order valence-electron chi connectivity index (χ1n) is 12.8. The zero-order chi connectivity index (χ0) is 27.1. The van der Waals surface area contributed by atoms with Crippen LogP contribution in [0.2, 0.25) is 0 Å². The second-order valence-corrected chi connectivity index (χ2v) is 11.4. The molecule has 0 aliphatic heterocycles.